The zero-order chi connectivity index (χ0) is 18.2. The summed E-state index contributed by atoms with van der Waals surface area (Å²) in [5.41, 5.74) is -0.929. The van der Waals surface area contributed by atoms with Crippen LogP contribution in [0.3, 0.4) is 0 Å². The van der Waals surface area contributed by atoms with Gasteiger partial charge < -0.3 is 14.7 Å². The Morgan fingerprint density at radius 3 is 2.44 bits per heavy atom. The molecule has 25 heavy (non-hydrogen) atoms. The molecular formula is C17H24F3NO4. The molecule has 3 fully saturated rings. The first-order chi connectivity index (χ1) is 11.7. The van der Waals surface area contributed by atoms with E-state index >= 15 is 0 Å². The van der Waals surface area contributed by atoms with Crippen LogP contribution >= 0.6 is 0 Å². The lowest BCUT2D eigenvalue weighted by Gasteiger charge is -2.34. The lowest BCUT2D eigenvalue weighted by Crippen LogP contribution is -2.45. The number of hydrogen-bond donors (Lipinski definition) is 1. The van der Waals surface area contributed by atoms with Crippen molar-refractivity contribution in [3.63, 3.8) is 0 Å². The molecule has 1 saturated carbocycles. The number of hydrogen-bond acceptors (Lipinski definition) is 3. The van der Waals surface area contributed by atoms with Crippen molar-refractivity contribution >= 4 is 11.9 Å². The van der Waals surface area contributed by atoms with E-state index in [1.54, 1.807) is 4.90 Å². The topological polar surface area (TPSA) is 66.8 Å². The summed E-state index contributed by atoms with van der Waals surface area (Å²) in [6.07, 6.45) is -2.57. The van der Waals surface area contributed by atoms with Gasteiger partial charge in [0, 0.05) is 32.0 Å². The van der Waals surface area contributed by atoms with Crippen LogP contribution in [-0.2, 0) is 14.3 Å². The SMILES string of the molecule is O=C(CC1CCC(C(F)(F)F)CC1)N1C[C@H]2COCC[C@@]2(C(=O)O)C1. The maximum Gasteiger partial charge on any atom is 0.391 e. The van der Waals surface area contributed by atoms with Crippen molar-refractivity contribution in [1.82, 2.24) is 4.90 Å². The van der Waals surface area contributed by atoms with Crippen LogP contribution in [0, 0.1) is 23.2 Å². The molecule has 2 saturated heterocycles. The van der Waals surface area contributed by atoms with E-state index in [4.69, 9.17) is 4.74 Å². The normalized spacial score (nSPS) is 36.1. The smallest absolute Gasteiger partial charge is 0.391 e. The average molecular weight is 363 g/mol. The second kappa shape index (κ2) is 6.78. The number of carboxylic acid groups (broad SMARTS) is 1. The van der Waals surface area contributed by atoms with Gasteiger partial charge in [0.2, 0.25) is 5.91 Å². The summed E-state index contributed by atoms with van der Waals surface area (Å²) in [4.78, 5) is 25.9. The van der Waals surface area contributed by atoms with E-state index in [0.717, 1.165) is 0 Å². The third kappa shape index (κ3) is 3.64. The second-order valence-electron chi connectivity index (χ2n) is 7.72. The Balaban J connectivity index is 1.55. The molecule has 2 heterocycles. The predicted octanol–water partition coefficient (Wildman–Crippen LogP) is 2.69. The molecule has 0 aromatic rings. The maximum absolute atomic E-state index is 12.7. The predicted molar refractivity (Wildman–Crippen MR) is 81.7 cm³/mol. The van der Waals surface area contributed by atoms with Gasteiger partial charge in [0.1, 0.15) is 0 Å². The van der Waals surface area contributed by atoms with Crippen LogP contribution in [0.4, 0.5) is 13.2 Å². The Labute approximate surface area is 144 Å². The first-order valence-corrected chi connectivity index (χ1v) is 8.88. The molecule has 3 rings (SSSR count). The molecule has 1 aliphatic carbocycles. The molecule has 0 unspecified atom stereocenters. The van der Waals surface area contributed by atoms with E-state index in [-0.39, 0.29) is 43.6 Å². The third-order valence-corrected chi connectivity index (χ3v) is 6.26. The fraction of sp³-hybridized carbons (Fsp3) is 0.882. The summed E-state index contributed by atoms with van der Waals surface area (Å²) in [6.45, 7) is 1.27. The van der Waals surface area contributed by atoms with E-state index in [9.17, 15) is 27.9 Å². The highest BCUT2D eigenvalue weighted by Crippen LogP contribution is 2.44. The number of carboxylic acids is 1. The minimum absolute atomic E-state index is 0.0363. The number of halogens is 3. The van der Waals surface area contributed by atoms with Crippen molar-refractivity contribution in [1.29, 1.82) is 0 Å². The van der Waals surface area contributed by atoms with E-state index in [0.29, 0.717) is 39.0 Å². The third-order valence-electron chi connectivity index (χ3n) is 6.26. The Morgan fingerprint density at radius 2 is 1.88 bits per heavy atom. The number of ether oxygens (including phenoxy) is 1. The lowest BCUT2D eigenvalue weighted by molar-refractivity contribution is -0.184. The molecule has 0 spiro atoms. The van der Waals surface area contributed by atoms with Gasteiger partial charge in [-0.25, -0.2) is 0 Å². The molecule has 3 aliphatic rings. The van der Waals surface area contributed by atoms with Gasteiger partial charge in [-0.2, -0.15) is 13.2 Å². The molecule has 2 aliphatic heterocycles. The minimum atomic E-state index is -4.15. The summed E-state index contributed by atoms with van der Waals surface area (Å²) < 4.78 is 43.5. The van der Waals surface area contributed by atoms with Gasteiger partial charge in [-0.1, -0.05) is 0 Å². The number of alkyl halides is 3. The molecule has 0 bridgehead atoms. The van der Waals surface area contributed by atoms with Crippen LogP contribution in [0.5, 0.6) is 0 Å². The van der Waals surface area contributed by atoms with Crippen molar-refractivity contribution in [3.8, 4) is 0 Å². The molecule has 2 atom stereocenters. The number of aliphatic carboxylic acids is 1. The number of nitrogens with zero attached hydrogens (tertiary/aromatic N) is 1. The van der Waals surface area contributed by atoms with Crippen LogP contribution in [-0.4, -0.2) is 54.4 Å². The summed E-state index contributed by atoms with van der Waals surface area (Å²) >= 11 is 0. The monoisotopic (exact) mass is 363 g/mol. The number of fused-ring (bicyclic) bond motifs is 1. The Kier molecular flexibility index (Phi) is 5.01. The largest absolute Gasteiger partial charge is 0.481 e. The fourth-order valence-corrected chi connectivity index (χ4v) is 4.56. The first-order valence-electron chi connectivity index (χ1n) is 8.88. The highest BCUT2D eigenvalue weighted by molar-refractivity contribution is 5.81. The van der Waals surface area contributed by atoms with Gasteiger partial charge in [0.15, 0.2) is 0 Å². The zero-order valence-electron chi connectivity index (χ0n) is 14.1. The van der Waals surface area contributed by atoms with Crippen molar-refractivity contribution < 1.29 is 32.6 Å². The van der Waals surface area contributed by atoms with Gasteiger partial charge >= 0.3 is 12.1 Å². The summed E-state index contributed by atoms with van der Waals surface area (Å²) in [5.74, 6) is -2.51. The molecule has 5 nitrogen and oxygen atoms in total. The standard InChI is InChI=1S/C17H24F3NO4/c18-17(19,20)12-3-1-11(2-4-12)7-14(22)21-8-13-9-25-6-5-16(13,10-21)15(23)24/h11-13H,1-10H2,(H,23,24)/t11?,12?,13-,16+/m0/s1. The quantitative estimate of drug-likeness (QED) is 0.837. The summed E-state index contributed by atoms with van der Waals surface area (Å²) in [6, 6.07) is 0. The second-order valence-corrected chi connectivity index (χ2v) is 7.72. The molecule has 0 radical (unpaired) electrons. The summed E-state index contributed by atoms with van der Waals surface area (Å²) in [5, 5.41) is 9.63. The number of carbonyl (C=O) groups excluding carboxylic acids is 1. The highest BCUT2D eigenvalue weighted by atomic mass is 19.4. The highest BCUT2D eigenvalue weighted by Gasteiger charge is 2.55. The Hall–Kier alpha value is -1.31. The van der Waals surface area contributed by atoms with Crippen molar-refractivity contribution in [2.24, 2.45) is 23.2 Å². The fourth-order valence-electron chi connectivity index (χ4n) is 4.56. The van der Waals surface area contributed by atoms with Gasteiger partial charge in [-0.15, -0.1) is 0 Å². The van der Waals surface area contributed by atoms with Crippen LogP contribution in [0.25, 0.3) is 0 Å². The van der Waals surface area contributed by atoms with E-state index in [2.05, 4.69) is 0 Å². The maximum atomic E-state index is 12.7. The zero-order valence-corrected chi connectivity index (χ0v) is 14.1. The lowest BCUT2D eigenvalue weighted by atomic mass is 9.74. The molecule has 0 aromatic heterocycles. The molecule has 142 valence electrons. The average Bonchev–Trinajstić information content (AvgIpc) is 2.95. The summed E-state index contributed by atoms with van der Waals surface area (Å²) in [7, 11) is 0. The van der Waals surface area contributed by atoms with Crippen LogP contribution in [0.1, 0.15) is 38.5 Å². The van der Waals surface area contributed by atoms with E-state index < -0.39 is 23.5 Å². The molecule has 1 amide bonds. The molecule has 0 aromatic carbocycles. The van der Waals surface area contributed by atoms with Gasteiger partial charge in [-0.05, 0) is 38.0 Å². The van der Waals surface area contributed by atoms with E-state index in [1.165, 1.54) is 0 Å². The molecule has 1 N–H and O–H groups in total. The van der Waals surface area contributed by atoms with Crippen LogP contribution in [0.15, 0.2) is 0 Å². The molecule has 8 heteroatoms. The van der Waals surface area contributed by atoms with Gasteiger partial charge in [0.25, 0.3) is 0 Å². The number of likely N-dealkylation sites (tertiary alicyclic amines) is 1. The van der Waals surface area contributed by atoms with Gasteiger partial charge in [0.05, 0.1) is 17.9 Å². The van der Waals surface area contributed by atoms with Crippen LogP contribution < -0.4 is 0 Å². The minimum Gasteiger partial charge on any atom is -0.481 e. The number of amides is 1. The van der Waals surface area contributed by atoms with Gasteiger partial charge in [-0.3, -0.25) is 9.59 Å². The molecular weight excluding hydrogens is 339 g/mol. The Bertz CT molecular complexity index is 530. The van der Waals surface area contributed by atoms with Crippen molar-refractivity contribution in [2.45, 2.75) is 44.7 Å². The number of carbonyl (C=O) groups is 2. The number of rotatable bonds is 3. The Morgan fingerprint density at radius 1 is 1.20 bits per heavy atom. The van der Waals surface area contributed by atoms with E-state index in [1.807, 2.05) is 0 Å². The van der Waals surface area contributed by atoms with Crippen molar-refractivity contribution in [2.75, 3.05) is 26.3 Å². The van der Waals surface area contributed by atoms with Crippen LogP contribution in [0.2, 0.25) is 0 Å². The van der Waals surface area contributed by atoms with Crippen molar-refractivity contribution in [3.05, 3.63) is 0 Å². The first kappa shape index (κ1) is 18.5.